The van der Waals surface area contributed by atoms with E-state index in [0.717, 1.165) is 40.9 Å². The minimum absolute atomic E-state index is 0.0439. The van der Waals surface area contributed by atoms with Gasteiger partial charge in [0.2, 0.25) is 11.8 Å². The Balaban J connectivity index is 1.70. The number of rotatable bonds is 4. The number of fused-ring (bicyclic) bond motifs is 1. The number of carbonyl (C=O) groups is 2. The minimum atomic E-state index is -0.363. The third kappa shape index (κ3) is 5.62. The molecule has 0 radical (unpaired) electrons. The van der Waals surface area contributed by atoms with Gasteiger partial charge in [0, 0.05) is 24.1 Å². The number of nitrogens with zero attached hydrogens (tertiary/aromatic N) is 4. The first-order valence-electron chi connectivity index (χ1n) is 13.7. The molecule has 39 heavy (non-hydrogen) atoms. The first-order chi connectivity index (χ1) is 18.5. The summed E-state index contributed by atoms with van der Waals surface area (Å²) in [6.07, 6.45) is 1.94. The molecule has 0 N–H and O–H groups in total. The highest BCUT2D eigenvalue weighted by molar-refractivity contribution is 8.00. The van der Waals surface area contributed by atoms with Crippen molar-refractivity contribution in [3.05, 3.63) is 76.7 Å². The summed E-state index contributed by atoms with van der Waals surface area (Å²) in [4.78, 5) is 30.9. The van der Waals surface area contributed by atoms with Gasteiger partial charge in [-0.2, -0.15) is 5.10 Å². The zero-order chi connectivity index (χ0) is 27.9. The second-order valence-electron chi connectivity index (χ2n) is 11.9. The molecule has 0 aliphatic carbocycles. The monoisotopic (exact) mass is 548 g/mol. The number of likely N-dealkylation sites (tertiary alicyclic amines) is 1. The van der Waals surface area contributed by atoms with Crippen molar-refractivity contribution in [1.82, 2.24) is 14.7 Å². The highest BCUT2D eigenvalue weighted by Crippen LogP contribution is 2.48. The van der Waals surface area contributed by atoms with Gasteiger partial charge in [0.1, 0.15) is 18.2 Å². The molecule has 1 aromatic heterocycles. The predicted octanol–water partition coefficient (Wildman–Crippen LogP) is 6.05. The molecule has 1 saturated heterocycles. The predicted molar refractivity (Wildman–Crippen MR) is 155 cm³/mol. The standard InChI is InChI=1S/C31H37FN4O2S/c1-20-9-11-24(12-10-20)36-30-27(29(33-36)31(3,4)5)28(22-7-6-8-23(32)17-22)39-19-26(38)35(30)18-25(37)34-15-13-21(2)14-16-34/h6-12,17,21,28H,13-16,18-19H2,1-5H3/t28-/m1/s1. The van der Waals surface area contributed by atoms with Crippen LogP contribution >= 0.6 is 11.8 Å². The van der Waals surface area contributed by atoms with E-state index in [4.69, 9.17) is 5.10 Å². The van der Waals surface area contributed by atoms with E-state index in [1.807, 2.05) is 46.8 Å². The highest BCUT2D eigenvalue weighted by Gasteiger charge is 2.40. The molecule has 3 heterocycles. The number of anilines is 1. The molecule has 3 aromatic rings. The van der Waals surface area contributed by atoms with Gasteiger partial charge in [0.05, 0.1) is 22.4 Å². The van der Waals surface area contributed by atoms with Crippen LogP contribution in [0.15, 0.2) is 48.5 Å². The Labute approximate surface area is 234 Å². The molecule has 2 aromatic carbocycles. The first-order valence-corrected chi connectivity index (χ1v) is 14.7. The highest BCUT2D eigenvalue weighted by atomic mass is 32.2. The number of benzene rings is 2. The van der Waals surface area contributed by atoms with E-state index >= 15 is 0 Å². The summed E-state index contributed by atoms with van der Waals surface area (Å²) < 4.78 is 16.3. The van der Waals surface area contributed by atoms with Gasteiger partial charge >= 0.3 is 0 Å². The number of aryl methyl sites for hydroxylation is 1. The van der Waals surface area contributed by atoms with Gasteiger partial charge in [-0.25, -0.2) is 9.07 Å². The molecule has 8 heteroatoms. The number of aromatic nitrogens is 2. The van der Waals surface area contributed by atoms with Crippen LogP contribution in [0.5, 0.6) is 0 Å². The molecular weight excluding hydrogens is 511 g/mol. The fourth-order valence-corrected chi connectivity index (χ4v) is 6.55. The van der Waals surface area contributed by atoms with E-state index in [9.17, 15) is 14.0 Å². The van der Waals surface area contributed by atoms with Crippen LogP contribution in [0.1, 0.15) is 68.2 Å². The van der Waals surface area contributed by atoms with Crippen molar-refractivity contribution in [2.24, 2.45) is 5.92 Å². The maximum atomic E-state index is 14.4. The molecule has 206 valence electrons. The number of carbonyl (C=O) groups excluding carboxylic acids is 2. The molecule has 2 aliphatic heterocycles. The number of thioether (sulfide) groups is 1. The molecule has 2 aliphatic rings. The smallest absolute Gasteiger partial charge is 0.242 e. The van der Waals surface area contributed by atoms with Crippen LogP contribution in [0.4, 0.5) is 10.2 Å². The van der Waals surface area contributed by atoms with Crippen molar-refractivity contribution in [2.45, 2.75) is 58.1 Å². The summed E-state index contributed by atoms with van der Waals surface area (Å²) in [6, 6.07) is 14.6. The maximum Gasteiger partial charge on any atom is 0.242 e. The summed E-state index contributed by atoms with van der Waals surface area (Å²) >= 11 is 1.47. The quantitative estimate of drug-likeness (QED) is 0.399. The zero-order valence-electron chi connectivity index (χ0n) is 23.4. The Bertz CT molecular complexity index is 1370. The fraction of sp³-hybridized carbons (Fsp3) is 0.452. The van der Waals surface area contributed by atoms with Crippen LogP contribution < -0.4 is 4.90 Å². The third-order valence-electron chi connectivity index (χ3n) is 7.66. The molecule has 1 fully saturated rings. The van der Waals surface area contributed by atoms with E-state index in [1.54, 1.807) is 11.0 Å². The Morgan fingerprint density at radius 1 is 1.10 bits per heavy atom. The summed E-state index contributed by atoms with van der Waals surface area (Å²) in [5.74, 6) is 0.863. The molecule has 5 rings (SSSR count). The van der Waals surface area contributed by atoms with Crippen molar-refractivity contribution < 1.29 is 14.0 Å². The summed E-state index contributed by atoms with van der Waals surface area (Å²) in [5, 5.41) is 4.79. The van der Waals surface area contributed by atoms with Crippen molar-refractivity contribution in [3.8, 4) is 5.69 Å². The van der Waals surface area contributed by atoms with Crippen LogP contribution in [-0.2, 0) is 15.0 Å². The van der Waals surface area contributed by atoms with E-state index in [-0.39, 0.29) is 40.6 Å². The second-order valence-corrected chi connectivity index (χ2v) is 13.0. The molecule has 0 unspecified atom stereocenters. The number of hydrogen-bond acceptors (Lipinski definition) is 4. The van der Waals surface area contributed by atoms with Gasteiger partial charge in [-0.15, -0.1) is 11.8 Å². The van der Waals surface area contributed by atoms with Crippen molar-refractivity contribution in [2.75, 3.05) is 30.3 Å². The average molecular weight is 549 g/mol. The van der Waals surface area contributed by atoms with E-state index in [2.05, 4.69) is 27.7 Å². The summed E-state index contributed by atoms with van der Waals surface area (Å²) in [6.45, 7) is 11.9. The lowest BCUT2D eigenvalue weighted by atomic mass is 9.87. The number of amides is 2. The molecule has 0 saturated carbocycles. The topological polar surface area (TPSA) is 58.4 Å². The van der Waals surface area contributed by atoms with Gasteiger partial charge in [0.25, 0.3) is 0 Å². The van der Waals surface area contributed by atoms with E-state index in [1.165, 1.54) is 23.9 Å². The number of halogens is 1. The first kappa shape index (κ1) is 27.4. The van der Waals surface area contributed by atoms with Gasteiger partial charge in [-0.05, 0) is 55.5 Å². The lowest BCUT2D eigenvalue weighted by Gasteiger charge is -2.32. The van der Waals surface area contributed by atoms with Crippen LogP contribution in [0.25, 0.3) is 5.69 Å². The number of hydrogen-bond donors (Lipinski definition) is 0. The normalized spacial score (nSPS) is 18.7. The Morgan fingerprint density at radius 3 is 2.44 bits per heavy atom. The van der Waals surface area contributed by atoms with E-state index in [0.29, 0.717) is 24.8 Å². The zero-order valence-corrected chi connectivity index (χ0v) is 24.2. The molecule has 1 atom stereocenters. The maximum absolute atomic E-state index is 14.4. The molecule has 0 bridgehead atoms. The third-order valence-corrected chi connectivity index (χ3v) is 8.91. The van der Waals surface area contributed by atoms with Crippen LogP contribution in [-0.4, -0.2) is 51.9 Å². The average Bonchev–Trinajstić information content (AvgIpc) is 3.22. The largest absolute Gasteiger partial charge is 0.341 e. The Morgan fingerprint density at radius 2 is 1.79 bits per heavy atom. The van der Waals surface area contributed by atoms with Crippen molar-refractivity contribution in [3.63, 3.8) is 0 Å². The molecule has 2 amide bonds. The number of piperidine rings is 1. The fourth-order valence-electron chi connectivity index (χ4n) is 5.37. The van der Waals surface area contributed by atoms with Crippen molar-refractivity contribution >= 4 is 29.4 Å². The second kappa shape index (κ2) is 10.8. The SMILES string of the molecule is Cc1ccc(-n2nc(C(C)(C)C)c3c2N(CC(=O)N2CCC(C)CC2)C(=O)CS[C@@H]3c2cccc(F)c2)cc1. The minimum Gasteiger partial charge on any atom is -0.341 e. The lowest BCUT2D eigenvalue weighted by molar-refractivity contribution is -0.132. The molecular formula is C31H37FN4O2S. The lowest BCUT2D eigenvalue weighted by Crippen LogP contribution is -2.46. The van der Waals surface area contributed by atoms with Gasteiger partial charge in [0.15, 0.2) is 0 Å². The van der Waals surface area contributed by atoms with Gasteiger partial charge in [-0.3, -0.25) is 14.5 Å². The van der Waals surface area contributed by atoms with Crippen LogP contribution in [0.3, 0.4) is 0 Å². The molecule has 6 nitrogen and oxygen atoms in total. The van der Waals surface area contributed by atoms with Crippen LogP contribution in [0.2, 0.25) is 0 Å². The molecule has 0 spiro atoms. The summed E-state index contributed by atoms with van der Waals surface area (Å²) in [7, 11) is 0. The van der Waals surface area contributed by atoms with Gasteiger partial charge in [-0.1, -0.05) is 57.5 Å². The van der Waals surface area contributed by atoms with Crippen LogP contribution in [0, 0.1) is 18.7 Å². The van der Waals surface area contributed by atoms with Crippen molar-refractivity contribution in [1.29, 1.82) is 0 Å². The van der Waals surface area contributed by atoms with E-state index < -0.39 is 0 Å². The van der Waals surface area contributed by atoms with Gasteiger partial charge < -0.3 is 4.90 Å². The Kier molecular flexibility index (Phi) is 7.60. The Hall–Kier alpha value is -3.13. The summed E-state index contributed by atoms with van der Waals surface area (Å²) in [5.41, 5.74) is 4.04.